The summed E-state index contributed by atoms with van der Waals surface area (Å²) in [4.78, 5) is 11.6. The molecule has 0 spiro atoms. The second-order valence-electron chi connectivity index (χ2n) is 7.18. The second-order valence-corrected chi connectivity index (χ2v) is 11.9. The van der Waals surface area contributed by atoms with Crippen molar-refractivity contribution in [2.75, 3.05) is 0 Å². The van der Waals surface area contributed by atoms with E-state index in [9.17, 15) is 4.79 Å². The van der Waals surface area contributed by atoms with Gasteiger partial charge in [0, 0.05) is 6.42 Å². The summed E-state index contributed by atoms with van der Waals surface area (Å²) >= 11 is 0. The van der Waals surface area contributed by atoms with E-state index in [4.69, 9.17) is 4.43 Å². The number of carbonyl (C=O) groups excluding carboxylic acids is 1. The highest BCUT2D eigenvalue weighted by Crippen LogP contribution is 2.40. The quantitative estimate of drug-likeness (QED) is 0.711. The number of aryl methyl sites for hydroxylation is 1. The van der Waals surface area contributed by atoms with Crippen LogP contribution in [0.5, 0.6) is 0 Å². The average molecular weight is 292 g/mol. The predicted octanol–water partition coefficient (Wildman–Crippen LogP) is 5.04. The number of hydrogen-bond acceptors (Lipinski definition) is 2. The second kappa shape index (κ2) is 6.23. The molecule has 1 rings (SSSR count). The molecule has 0 bridgehead atoms. The topological polar surface area (TPSA) is 26.3 Å². The zero-order valence-electron chi connectivity index (χ0n) is 13.9. The lowest BCUT2D eigenvalue weighted by Crippen LogP contribution is -2.42. The Kier molecular flexibility index (Phi) is 5.33. The van der Waals surface area contributed by atoms with Crippen molar-refractivity contribution < 1.29 is 9.22 Å². The summed E-state index contributed by atoms with van der Waals surface area (Å²) in [6.07, 6.45) is 0.337. The molecule has 0 saturated heterocycles. The highest BCUT2D eigenvalue weighted by Gasteiger charge is 2.39. The van der Waals surface area contributed by atoms with Crippen LogP contribution in [-0.4, -0.2) is 14.1 Å². The van der Waals surface area contributed by atoms with Gasteiger partial charge in [-0.25, -0.2) is 0 Å². The molecule has 0 aliphatic rings. The van der Waals surface area contributed by atoms with E-state index in [1.807, 2.05) is 0 Å². The molecule has 3 heteroatoms. The Labute approximate surface area is 124 Å². The van der Waals surface area contributed by atoms with Gasteiger partial charge in [-0.3, -0.25) is 4.79 Å². The van der Waals surface area contributed by atoms with Gasteiger partial charge in [0.1, 0.15) is 5.78 Å². The summed E-state index contributed by atoms with van der Waals surface area (Å²) in [5.41, 5.74) is 2.33. The summed E-state index contributed by atoms with van der Waals surface area (Å²) < 4.78 is 6.46. The normalized spacial score (nSPS) is 14.2. The fourth-order valence-corrected chi connectivity index (χ4v) is 3.09. The van der Waals surface area contributed by atoms with Crippen LogP contribution in [0.15, 0.2) is 24.3 Å². The highest BCUT2D eigenvalue weighted by molar-refractivity contribution is 6.74. The SMILES string of the molecule is CC(=O)C[C@@H](O[Si](C)(C)C(C)(C)C)c1ccc(C)cc1. The van der Waals surface area contributed by atoms with Gasteiger partial charge >= 0.3 is 0 Å². The maximum Gasteiger partial charge on any atom is 0.192 e. The minimum absolute atomic E-state index is 0.117. The Bertz CT molecular complexity index is 455. The van der Waals surface area contributed by atoms with Crippen molar-refractivity contribution in [1.82, 2.24) is 0 Å². The smallest absolute Gasteiger partial charge is 0.192 e. The van der Waals surface area contributed by atoms with Crippen LogP contribution in [0, 0.1) is 6.92 Å². The van der Waals surface area contributed by atoms with E-state index in [-0.39, 0.29) is 16.9 Å². The van der Waals surface area contributed by atoms with E-state index in [0.29, 0.717) is 6.42 Å². The molecule has 0 N–H and O–H groups in total. The van der Waals surface area contributed by atoms with Gasteiger partial charge in [0.05, 0.1) is 6.10 Å². The Morgan fingerprint density at radius 2 is 1.70 bits per heavy atom. The Hall–Kier alpha value is -0.933. The molecule has 0 fully saturated rings. The lowest BCUT2D eigenvalue weighted by molar-refractivity contribution is -0.118. The molecule has 2 nitrogen and oxygen atoms in total. The van der Waals surface area contributed by atoms with Gasteiger partial charge in [0.15, 0.2) is 8.32 Å². The standard InChI is InChI=1S/C17H28O2Si/c1-13-8-10-15(11-9-13)16(12-14(2)18)19-20(6,7)17(3,4)5/h8-11,16H,12H2,1-7H3/t16-/m1/s1. The van der Waals surface area contributed by atoms with Crippen LogP contribution in [0.3, 0.4) is 0 Å². The molecule has 0 aromatic heterocycles. The van der Waals surface area contributed by atoms with Gasteiger partial charge in [-0.05, 0) is 37.5 Å². The predicted molar refractivity (Wildman–Crippen MR) is 87.5 cm³/mol. The zero-order valence-corrected chi connectivity index (χ0v) is 14.9. The molecule has 112 valence electrons. The van der Waals surface area contributed by atoms with Crippen molar-refractivity contribution in [1.29, 1.82) is 0 Å². The van der Waals surface area contributed by atoms with Gasteiger partial charge in [-0.1, -0.05) is 50.6 Å². The first kappa shape index (κ1) is 17.1. The van der Waals surface area contributed by atoms with E-state index in [0.717, 1.165) is 5.56 Å². The Morgan fingerprint density at radius 1 is 1.20 bits per heavy atom. The lowest BCUT2D eigenvalue weighted by atomic mass is 10.0. The highest BCUT2D eigenvalue weighted by atomic mass is 28.4. The van der Waals surface area contributed by atoms with Gasteiger partial charge in [-0.15, -0.1) is 0 Å². The largest absolute Gasteiger partial charge is 0.409 e. The molecule has 0 saturated carbocycles. The Morgan fingerprint density at radius 3 is 2.10 bits per heavy atom. The number of ketones is 1. The Balaban J connectivity index is 3.02. The summed E-state index contributed by atoms with van der Waals surface area (Å²) in [5, 5.41) is 0.146. The number of hydrogen-bond donors (Lipinski definition) is 0. The number of rotatable bonds is 5. The summed E-state index contributed by atoms with van der Waals surface area (Å²) in [6.45, 7) is 14.8. The molecule has 1 atom stereocenters. The average Bonchev–Trinajstić information content (AvgIpc) is 2.26. The van der Waals surface area contributed by atoms with Crippen molar-refractivity contribution >= 4 is 14.1 Å². The minimum atomic E-state index is -1.88. The summed E-state index contributed by atoms with van der Waals surface area (Å²) in [5.74, 6) is 0.175. The van der Waals surface area contributed by atoms with E-state index in [1.54, 1.807) is 6.92 Å². The number of benzene rings is 1. The van der Waals surface area contributed by atoms with Crippen molar-refractivity contribution in [2.45, 2.75) is 65.3 Å². The minimum Gasteiger partial charge on any atom is -0.409 e. The van der Waals surface area contributed by atoms with Gasteiger partial charge < -0.3 is 4.43 Å². The van der Waals surface area contributed by atoms with Gasteiger partial charge in [-0.2, -0.15) is 0 Å². The van der Waals surface area contributed by atoms with Gasteiger partial charge in [0.25, 0.3) is 0 Å². The summed E-state index contributed by atoms with van der Waals surface area (Å²) in [7, 11) is -1.88. The first-order valence-electron chi connectivity index (χ1n) is 7.27. The van der Waals surface area contributed by atoms with Crippen molar-refractivity contribution in [3.8, 4) is 0 Å². The van der Waals surface area contributed by atoms with E-state index in [1.165, 1.54) is 5.56 Å². The number of Topliss-reactive ketones (excluding diaryl/α,β-unsaturated/α-hetero) is 1. The van der Waals surface area contributed by atoms with E-state index in [2.05, 4.69) is 65.1 Å². The molecular formula is C17H28O2Si. The monoisotopic (exact) mass is 292 g/mol. The molecular weight excluding hydrogens is 264 g/mol. The molecule has 0 amide bonds. The van der Waals surface area contributed by atoms with Crippen LogP contribution < -0.4 is 0 Å². The fourth-order valence-electron chi connectivity index (χ4n) is 1.80. The molecule has 0 aliphatic carbocycles. The van der Waals surface area contributed by atoms with Gasteiger partial charge in [0.2, 0.25) is 0 Å². The van der Waals surface area contributed by atoms with Crippen molar-refractivity contribution in [3.05, 3.63) is 35.4 Å². The van der Waals surface area contributed by atoms with Crippen LogP contribution in [0.1, 0.15) is 51.3 Å². The molecule has 0 heterocycles. The van der Waals surface area contributed by atoms with Crippen LogP contribution in [0.4, 0.5) is 0 Å². The third-order valence-corrected chi connectivity index (χ3v) is 8.65. The van der Waals surface area contributed by atoms with Crippen molar-refractivity contribution in [3.63, 3.8) is 0 Å². The zero-order chi connectivity index (χ0) is 15.6. The molecule has 20 heavy (non-hydrogen) atoms. The summed E-state index contributed by atoms with van der Waals surface area (Å²) in [6, 6.07) is 8.32. The van der Waals surface area contributed by atoms with Crippen molar-refractivity contribution in [2.24, 2.45) is 0 Å². The molecule has 0 aliphatic heterocycles. The maximum atomic E-state index is 11.6. The van der Waals surface area contributed by atoms with E-state index >= 15 is 0 Å². The third kappa shape index (κ3) is 4.56. The van der Waals surface area contributed by atoms with Crippen LogP contribution in [0.25, 0.3) is 0 Å². The number of carbonyl (C=O) groups is 1. The fraction of sp³-hybridized carbons (Fsp3) is 0.588. The first-order valence-corrected chi connectivity index (χ1v) is 10.2. The van der Waals surface area contributed by atoms with Crippen LogP contribution in [-0.2, 0) is 9.22 Å². The lowest BCUT2D eigenvalue weighted by Gasteiger charge is -2.39. The third-order valence-electron chi connectivity index (χ3n) is 4.17. The van der Waals surface area contributed by atoms with E-state index < -0.39 is 8.32 Å². The first-order chi connectivity index (χ1) is 9.03. The van der Waals surface area contributed by atoms with Crippen LogP contribution >= 0.6 is 0 Å². The maximum absolute atomic E-state index is 11.6. The molecule has 1 aromatic rings. The molecule has 1 aromatic carbocycles. The van der Waals surface area contributed by atoms with Crippen LogP contribution in [0.2, 0.25) is 18.1 Å². The molecule has 0 radical (unpaired) electrons. The molecule has 0 unspecified atom stereocenters.